The number of benzene rings is 2. The van der Waals surface area contributed by atoms with E-state index in [1.54, 1.807) is 0 Å². The molecule has 2 aromatic carbocycles. The van der Waals surface area contributed by atoms with Gasteiger partial charge in [0.15, 0.2) is 0 Å². The van der Waals surface area contributed by atoms with Crippen LogP contribution in [0.2, 0.25) is 0 Å². The lowest BCUT2D eigenvalue weighted by Gasteiger charge is -2.36. The summed E-state index contributed by atoms with van der Waals surface area (Å²) in [7, 11) is 0. The molecule has 4 rings (SSSR count). The van der Waals surface area contributed by atoms with Crippen molar-refractivity contribution in [2.45, 2.75) is 32.3 Å². The standard InChI is InChI=1S/C24H28N2O3/c27-23(19-8-4-5-9-19)25-14-16-26(17-15-25)24(28)22-13-7-6-10-20(22)18-29-21-11-2-1-3-12-21/h1-3,6-7,10-13,19H,4-5,8-9,14-18H2. The van der Waals surface area contributed by atoms with Gasteiger partial charge in [0.1, 0.15) is 12.4 Å². The Labute approximate surface area is 172 Å². The highest BCUT2D eigenvalue weighted by atomic mass is 16.5. The number of rotatable bonds is 5. The van der Waals surface area contributed by atoms with Gasteiger partial charge in [-0.25, -0.2) is 0 Å². The fraction of sp³-hybridized carbons (Fsp3) is 0.417. The van der Waals surface area contributed by atoms with Crippen LogP contribution in [-0.2, 0) is 11.4 Å². The van der Waals surface area contributed by atoms with E-state index in [2.05, 4.69) is 0 Å². The first-order valence-electron chi connectivity index (χ1n) is 10.6. The third kappa shape index (κ3) is 4.61. The molecule has 2 fully saturated rings. The van der Waals surface area contributed by atoms with Crippen molar-refractivity contribution >= 4 is 11.8 Å². The van der Waals surface area contributed by atoms with E-state index >= 15 is 0 Å². The third-order valence-electron chi connectivity index (χ3n) is 5.97. The molecule has 152 valence electrons. The van der Waals surface area contributed by atoms with Crippen LogP contribution >= 0.6 is 0 Å². The maximum absolute atomic E-state index is 13.1. The van der Waals surface area contributed by atoms with Gasteiger partial charge in [0, 0.05) is 43.2 Å². The molecule has 0 radical (unpaired) electrons. The topological polar surface area (TPSA) is 49.9 Å². The average molecular weight is 392 g/mol. The first-order valence-corrected chi connectivity index (χ1v) is 10.6. The smallest absolute Gasteiger partial charge is 0.254 e. The fourth-order valence-corrected chi connectivity index (χ4v) is 4.26. The van der Waals surface area contributed by atoms with Crippen molar-refractivity contribution in [3.63, 3.8) is 0 Å². The first-order chi connectivity index (χ1) is 14.2. The Hall–Kier alpha value is -2.82. The lowest BCUT2D eigenvalue weighted by molar-refractivity contribution is -0.136. The van der Waals surface area contributed by atoms with Crippen molar-refractivity contribution < 1.29 is 14.3 Å². The molecule has 1 heterocycles. The van der Waals surface area contributed by atoms with Crippen LogP contribution in [0.5, 0.6) is 5.75 Å². The largest absolute Gasteiger partial charge is 0.489 e. The lowest BCUT2D eigenvalue weighted by atomic mass is 10.0. The highest BCUT2D eigenvalue weighted by Gasteiger charge is 2.31. The van der Waals surface area contributed by atoms with E-state index < -0.39 is 0 Å². The van der Waals surface area contributed by atoms with Gasteiger partial charge in [-0.15, -0.1) is 0 Å². The van der Waals surface area contributed by atoms with Crippen molar-refractivity contribution in [1.29, 1.82) is 0 Å². The Morgan fingerprint density at radius 2 is 1.45 bits per heavy atom. The number of ether oxygens (including phenoxy) is 1. The molecular weight excluding hydrogens is 364 g/mol. The minimum atomic E-state index is 0.0187. The van der Waals surface area contributed by atoms with Crippen molar-refractivity contribution in [2.75, 3.05) is 26.2 Å². The number of hydrogen-bond donors (Lipinski definition) is 0. The Bertz CT molecular complexity index is 838. The summed E-state index contributed by atoms with van der Waals surface area (Å²) in [6, 6.07) is 17.2. The minimum Gasteiger partial charge on any atom is -0.489 e. The van der Waals surface area contributed by atoms with E-state index in [0.717, 1.165) is 37.0 Å². The van der Waals surface area contributed by atoms with Crippen molar-refractivity contribution in [3.05, 3.63) is 65.7 Å². The maximum atomic E-state index is 13.1. The molecular formula is C24H28N2O3. The summed E-state index contributed by atoms with van der Waals surface area (Å²) >= 11 is 0. The minimum absolute atomic E-state index is 0.0187. The zero-order chi connectivity index (χ0) is 20.1. The fourth-order valence-electron chi connectivity index (χ4n) is 4.26. The van der Waals surface area contributed by atoms with Gasteiger partial charge in [-0.05, 0) is 31.0 Å². The Balaban J connectivity index is 1.37. The molecule has 2 amide bonds. The predicted molar refractivity (Wildman–Crippen MR) is 112 cm³/mol. The van der Waals surface area contributed by atoms with Gasteiger partial charge in [-0.1, -0.05) is 49.2 Å². The van der Waals surface area contributed by atoms with Crippen LogP contribution in [-0.4, -0.2) is 47.8 Å². The monoisotopic (exact) mass is 392 g/mol. The highest BCUT2D eigenvalue weighted by molar-refractivity contribution is 5.96. The Morgan fingerprint density at radius 3 is 2.17 bits per heavy atom. The number of para-hydroxylation sites is 1. The van der Waals surface area contributed by atoms with Crippen LogP contribution in [0.4, 0.5) is 0 Å². The van der Waals surface area contributed by atoms with E-state index in [4.69, 9.17) is 4.74 Å². The number of amides is 2. The molecule has 2 aromatic rings. The summed E-state index contributed by atoms with van der Waals surface area (Å²) < 4.78 is 5.85. The van der Waals surface area contributed by atoms with Crippen LogP contribution in [0.3, 0.4) is 0 Å². The molecule has 0 spiro atoms. The van der Waals surface area contributed by atoms with Crippen molar-refractivity contribution in [3.8, 4) is 5.75 Å². The summed E-state index contributed by atoms with van der Waals surface area (Å²) in [5, 5.41) is 0. The average Bonchev–Trinajstić information content (AvgIpc) is 3.33. The molecule has 0 aromatic heterocycles. The van der Waals surface area contributed by atoms with Gasteiger partial charge in [-0.3, -0.25) is 9.59 Å². The summed E-state index contributed by atoms with van der Waals surface area (Å²) in [6.45, 7) is 2.79. The molecule has 1 aliphatic carbocycles. The number of hydrogen-bond acceptors (Lipinski definition) is 3. The Kier molecular flexibility index (Phi) is 6.13. The third-order valence-corrected chi connectivity index (χ3v) is 5.97. The molecule has 0 bridgehead atoms. The van der Waals surface area contributed by atoms with E-state index in [9.17, 15) is 9.59 Å². The zero-order valence-electron chi connectivity index (χ0n) is 16.8. The molecule has 0 unspecified atom stereocenters. The van der Waals surface area contributed by atoms with Gasteiger partial charge in [-0.2, -0.15) is 0 Å². The van der Waals surface area contributed by atoms with Crippen LogP contribution in [0.15, 0.2) is 54.6 Å². The van der Waals surface area contributed by atoms with Gasteiger partial charge in [0.25, 0.3) is 5.91 Å². The second-order valence-electron chi connectivity index (χ2n) is 7.86. The van der Waals surface area contributed by atoms with Gasteiger partial charge < -0.3 is 14.5 Å². The molecule has 0 atom stereocenters. The molecule has 2 aliphatic rings. The molecule has 1 saturated heterocycles. The lowest BCUT2D eigenvalue weighted by Crippen LogP contribution is -2.51. The van der Waals surface area contributed by atoms with Crippen molar-refractivity contribution in [2.24, 2.45) is 5.92 Å². The molecule has 1 aliphatic heterocycles. The Morgan fingerprint density at radius 1 is 0.828 bits per heavy atom. The number of nitrogens with zero attached hydrogens (tertiary/aromatic N) is 2. The van der Waals surface area contributed by atoms with Crippen LogP contribution in [0.25, 0.3) is 0 Å². The molecule has 5 nitrogen and oxygen atoms in total. The zero-order valence-corrected chi connectivity index (χ0v) is 16.8. The predicted octanol–water partition coefficient (Wildman–Crippen LogP) is 3.74. The van der Waals surface area contributed by atoms with Gasteiger partial charge >= 0.3 is 0 Å². The van der Waals surface area contributed by atoms with Gasteiger partial charge in [0.05, 0.1) is 0 Å². The summed E-state index contributed by atoms with van der Waals surface area (Å²) in [6.07, 6.45) is 4.37. The molecule has 5 heteroatoms. The quantitative estimate of drug-likeness (QED) is 0.779. The second kappa shape index (κ2) is 9.12. The van der Waals surface area contributed by atoms with E-state index in [0.29, 0.717) is 38.3 Å². The highest BCUT2D eigenvalue weighted by Crippen LogP contribution is 2.27. The normalized spacial score (nSPS) is 17.4. The first kappa shape index (κ1) is 19.5. The summed E-state index contributed by atoms with van der Waals surface area (Å²) in [5.41, 5.74) is 1.56. The maximum Gasteiger partial charge on any atom is 0.254 e. The number of carbonyl (C=O) groups excluding carboxylic acids is 2. The summed E-state index contributed by atoms with van der Waals surface area (Å²) in [5.74, 6) is 1.29. The number of piperazine rings is 1. The molecule has 1 saturated carbocycles. The van der Waals surface area contributed by atoms with E-state index in [1.165, 1.54) is 0 Å². The van der Waals surface area contributed by atoms with Crippen LogP contribution in [0.1, 0.15) is 41.6 Å². The van der Waals surface area contributed by atoms with Gasteiger partial charge in [0.2, 0.25) is 5.91 Å². The molecule has 0 N–H and O–H groups in total. The SMILES string of the molecule is O=C(c1ccccc1COc1ccccc1)N1CCN(C(=O)C2CCCC2)CC1. The van der Waals surface area contributed by atoms with Crippen LogP contribution in [0, 0.1) is 5.92 Å². The number of carbonyl (C=O) groups is 2. The van der Waals surface area contributed by atoms with Crippen molar-refractivity contribution in [1.82, 2.24) is 9.80 Å². The summed E-state index contributed by atoms with van der Waals surface area (Å²) in [4.78, 5) is 29.6. The van der Waals surface area contributed by atoms with Crippen LogP contribution < -0.4 is 4.74 Å². The second-order valence-corrected chi connectivity index (χ2v) is 7.86. The van der Waals surface area contributed by atoms with E-state index in [1.807, 2.05) is 64.4 Å². The van der Waals surface area contributed by atoms with E-state index in [-0.39, 0.29) is 17.7 Å². The molecule has 29 heavy (non-hydrogen) atoms.